The number of hydrogen-bond donors (Lipinski definition) is 1. The van der Waals surface area contributed by atoms with Crippen LogP contribution in [0.25, 0.3) is 5.76 Å². The van der Waals surface area contributed by atoms with Crippen LogP contribution < -0.4 is 14.2 Å². The van der Waals surface area contributed by atoms with Crippen LogP contribution in [-0.4, -0.2) is 34.9 Å². The summed E-state index contributed by atoms with van der Waals surface area (Å²) in [4.78, 5) is 28.1. The Morgan fingerprint density at radius 2 is 1.72 bits per heavy atom. The molecule has 0 radical (unpaired) electrons. The Morgan fingerprint density at radius 1 is 0.897 bits per heavy atom. The van der Waals surface area contributed by atoms with Crippen LogP contribution in [0.5, 0.6) is 17.2 Å². The lowest BCUT2D eigenvalue weighted by molar-refractivity contribution is -0.140. The van der Waals surface area contributed by atoms with Gasteiger partial charge in [0.15, 0.2) is 11.5 Å². The molecule has 2 aliphatic heterocycles. The molecule has 6 rings (SSSR count). The maximum absolute atomic E-state index is 13.4. The van der Waals surface area contributed by atoms with Crippen molar-refractivity contribution in [2.45, 2.75) is 19.2 Å². The zero-order valence-electron chi connectivity index (χ0n) is 20.9. The van der Waals surface area contributed by atoms with Crippen molar-refractivity contribution in [3.63, 3.8) is 0 Å². The molecule has 2 aliphatic rings. The molecule has 1 amide bonds. The number of aliphatic hydroxyl groups is 1. The minimum atomic E-state index is -0.872. The van der Waals surface area contributed by atoms with Crippen molar-refractivity contribution in [3.8, 4) is 17.2 Å². The zero-order chi connectivity index (χ0) is 26.8. The number of aliphatic hydroxyl groups excluding tert-OH is 1. The second-order valence-corrected chi connectivity index (χ2v) is 9.21. The summed E-state index contributed by atoms with van der Waals surface area (Å²) < 4.78 is 22.7. The standard InChI is InChI=1S/C31H25NO7/c33-29(22-11-12-25-26(17-22)38-15-14-37-25)27-28(32(31(35)30(27)34)18-24-10-5-13-36-24)21-8-4-9-23(16-21)39-19-20-6-2-1-3-7-20/h1-13,16-17,28,33H,14-15,18-19H2/b29-27+/t28-/m0/s1. The van der Waals surface area contributed by atoms with Crippen molar-refractivity contribution in [2.75, 3.05) is 13.2 Å². The lowest BCUT2D eigenvalue weighted by atomic mass is 9.95. The Balaban J connectivity index is 1.40. The number of likely N-dealkylation sites (tertiary alicyclic amines) is 1. The third-order valence-electron chi connectivity index (χ3n) is 6.68. The minimum absolute atomic E-state index is 0.0246. The predicted molar refractivity (Wildman–Crippen MR) is 141 cm³/mol. The summed E-state index contributed by atoms with van der Waals surface area (Å²) in [5, 5.41) is 11.4. The molecule has 4 aromatic rings. The van der Waals surface area contributed by atoms with Crippen LogP contribution in [0.4, 0.5) is 0 Å². The second kappa shape index (κ2) is 10.4. The van der Waals surface area contributed by atoms with Crippen molar-refractivity contribution in [1.29, 1.82) is 0 Å². The molecule has 1 aromatic heterocycles. The summed E-state index contributed by atoms with van der Waals surface area (Å²) in [7, 11) is 0. The van der Waals surface area contributed by atoms with E-state index in [-0.39, 0.29) is 17.9 Å². The van der Waals surface area contributed by atoms with E-state index in [0.29, 0.717) is 54.0 Å². The number of ether oxygens (including phenoxy) is 3. The molecule has 1 N–H and O–H groups in total. The van der Waals surface area contributed by atoms with Crippen LogP contribution >= 0.6 is 0 Å². The molecule has 1 fully saturated rings. The Bertz CT molecular complexity index is 1540. The number of rotatable bonds is 7. The van der Waals surface area contributed by atoms with Gasteiger partial charge in [0.2, 0.25) is 0 Å². The molecular weight excluding hydrogens is 498 g/mol. The normalized spacial score (nSPS) is 17.8. The highest BCUT2D eigenvalue weighted by atomic mass is 16.6. The quantitative estimate of drug-likeness (QED) is 0.201. The smallest absolute Gasteiger partial charge is 0.296 e. The van der Waals surface area contributed by atoms with Crippen molar-refractivity contribution in [2.24, 2.45) is 0 Å². The Labute approximate surface area is 224 Å². The fraction of sp³-hybridized carbons (Fsp3) is 0.161. The first-order chi connectivity index (χ1) is 19.1. The molecule has 0 unspecified atom stereocenters. The minimum Gasteiger partial charge on any atom is -0.507 e. The number of Topliss-reactive ketones (excluding diaryl/α,β-unsaturated/α-hetero) is 1. The van der Waals surface area contributed by atoms with Crippen molar-refractivity contribution in [3.05, 3.63) is 119 Å². The van der Waals surface area contributed by atoms with E-state index in [1.54, 1.807) is 48.5 Å². The molecular formula is C31H25NO7. The van der Waals surface area contributed by atoms with Gasteiger partial charge in [0.25, 0.3) is 11.7 Å². The summed E-state index contributed by atoms with van der Waals surface area (Å²) in [6.45, 7) is 1.21. The van der Waals surface area contributed by atoms with Gasteiger partial charge in [-0.1, -0.05) is 42.5 Å². The van der Waals surface area contributed by atoms with Gasteiger partial charge in [0.1, 0.15) is 37.1 Å². The first-order valence-corrected chi connectivity index (χ1v) is 12.6. The average molecular weight is 524 g/mol. The number of ketones is 1. The highest BCUT2D eigenvalue weighted by Gasteiger charge is 2.46. The molecule has 8 nitrogen and oxygen atoms in total. The van der Waals surface area contributed by atoms with E-state index in [1.165, 1.54) is 11.2 Å². The van der Waals surface area contributed by atoms with Gasteiger partial charge in [-0.15, -0.1) is 0 Å². The topological polar surface area (TPSA) is 98.4 Å². The first-order valence-electron chi connectivity index (χ1n) is 12.6. The molecule has 1 saturated heterocycles. The fourth-order valence-corrected chi connectivity index (χ4v) is 4.82. The molecule has 0 saturated carbocycles. The number of carbonyl (C=O) groups is 2. The highest BCUT2D eigenvalue weighted by molar-refractivity contribution is 6.46. The van der Waals surface area contributed by atoms with Gasteiger partial charge < -0.3 is 28.6 Å². The predicted octanol–water partition coefficient (Wildman–Crippen LogP) is 5.25. The monoisotopic (exact) mass is 523 g/mol. The van der Waals surface area contributed by atoms with Crippen LogP contribution in [-0.2, 0) is 22.7 Å². The summed E-state index contributed by atoms with van der Waals surface area (Å²) in [6.07, 6.45) is 1.51. The molecule has 1 atom stereocenters. The molecule has 196 valence electrons. The number of carbonyl (C=O) groups excluding carboxylic acids is 2. The molecule has 3 heterocycles. The molecule has 0 bridgehead atoms. The SMILES string of the molecule is O=C1C(=O)N(Cc2ccco2)[C@@H](c2cccc(OCc3ccccc3)c2)/C1=C(\O)c1ccc2c(c1)OCCO2. The Hall–Kier alpha value is -4.98. The van der Waals surface area contributed by atoms with Gasteiger partial charge >= 0.3 is 0 Å². The van der Waals surface area contributed by atoms with E-state index >= 15 is 0 Å². The van der Waals surface area contributed by atoms with Crippen LogP contribution in [0.15, 0.2) is 101 Å². The van der Waals surface area contributed by atoms with E-state index in [0.717, 1.165) is 5.56 Å². The second-order valence-electron chi connectivity index (χ2n) is 9.21. The first kappa shape index (κ1) is 24.4. The van der Waals surface area contributed by atoms with E-state index in [2.05, 4.69) is 0 Å². The summed E-state index contributed by atoms with van der Waals surface area (Å²) >= 11 is 0. The zero-order valence-corrected chi connectivity index (χ0v) is 20.9. The number of nitrogens with zero attached hydrogens (tertiary/aromatic N) is 1. The van der Waals surface area contributed by atoms with E-state index in [4.69, 9.17) is 18.6 Å². The van der Waals surface area contributed by atoms with Gasteiger partial charge in [-0.2, -0.15) is 0 Å². The summed E-state index contributed by atoms with van der Waals surface area (Å²) in [5.74, 6) is 0.282. The van der Waals surface area contributed by atoms with Crippen LogP contribution in [0.1, 0.15) is 28.5 Å². The maximum Gasteiger partial charge on any atom is 0.296 e. The number of amides is 1. The average Bonchev–Trinajstić information content (AvgIpc) is 3.58. The highest BCUT2D eigenvalue weighted by Crippen LogP contribution is 2.42. The number of benzene rings is 3. The van der Waals surface area contributed by atoms with Gasteiger partial charge in [0.05, 0.1) is 24.4 Å². The maximum atomic E-state index is 13.4. The largest absolute Gasteiger partial charge is 0.507 e. The Morgan fingerprint density at radius 3 is 2.51 bits per heavy atom. The number of hydrogen-bond acceptors (Lipinski definition) is 7. The number of fused-ring (bicyclic) bond motifs is 1. The van der Waals surface area contributed by atoms with Gasteiger partial charge in [-0.3, -0.25) is 9.59 Å². The van der Waals surface area contributed by atoms with Crippen molar-refractivity contribution in [1.82, 2.24) is 4.90 Å². The summed E-state index contributed by atoms with van der Waals surface area (Å²) in [5.41, 5.74) is 1.94. The molecule has 0 spiro atoms. The van der Waals surface area contributed by atoms with Crippen molar-refractivity contribution < 1.29 is 33.3 Å². The molecule has 0 aliphatic carbocycles. The molecule has 39 heavy (non-hydrogen) atoms. The fourth-order valence-electron chi connectivity index (χ4n) is 4.82. The lowest BCUT2D eigenvalue weighted by Gasteiger charge is -2.25. The van der Waals surface area contributed by atoms with E-state index < -0.39 is 17.7 Å². The van der Waals surface area contributed by atoms with Gasteiger partial charge in [-0.05, 0) is 53.6 Å². The lowest BCUT2D eigenvalue weighted by Crippen LogP contribution is -2.29. The third-order valence-corrected chi connectivity index (χ3v) is 6.68. The van der Waals surface area contributed by atoms with Crippen LogP contribution in [0.2, 0.25) is 0 Å². The van der Waals surface area contributed by atoms with E-state index in [1.807, 2.05) is 36.4 Å². The van der Waals surface area contributed by atoms with Crippen LogP contribution in [0, 0.1) is 0 Å². The molecule has 8 heteroatoms. The number of furan rings is 1. The van der Waals surface area contributed by atoms with Gasteiger partial charge in [0, 0.05) is 5.56 Å². The van der Waals surface area contributed by atoms with Crippen molar-refractivity contribution >= 4 is 17.4 Å². The van der Waals surface area contributed by atoms with Crippen LogP contribution in [0.3, 0.4) is 0 Å². The Kier molecular flexibility index (Phi) is 6.50. The van der Waals surface area contributed by atoms with Gasteiger partial charge in [-0.25, -0.2) is 0 Å². The van der Waals surface area contributed by atoms with E-state index in [9.17, 15) is 14.7 Å². The molecule has 3 aromatic carbocycles. The summed E-state index contributed by atoms with van der Waals surface area (Å²) in [6, 6.07) is 24.5. The third kappa shape index (κ3) is 4.84.